The minimum Gasteiger partial charge on any atom is -0.481 e. The summed E-state index contributed by atoms with van der Waals surface area (Å²) in [5.74, 6) is -0.774. The molecular formula is C9H17NO3. The molecule has 2 unspecified atom stereocenters. The van der Waals surface area contributed by atoms with Gasteiger partial charge in [-0.3, -0.25) is 4.79 Å². The van der Waals surface area contributed by atoms with Gasteiger partial charge in [0.15, 0.2) is 0 Å². The summed E-state index contributed by atoms with van der Waals surface area (Å²) in [6, 6.07) is 0.470. The Labute approximate surface area is 78.5 Å². The van der Waals surface area contributed by atoms with Crippen LogP contribution in [0.25, 0.3) is 0 Å². The van der Waals surface area contributed by atoms with Gasteiger partial charge in [-0.05, 0) is 26.9 Å². The minimum absolute atomic E-state index is 0.0985. The number of carbonyl (C=O) groups is 1. The van der Waals surface area contributed by atoms with E-state index in [0.717, 1.165) is 12.8 Å². The molecular weight excluding hydrogens is 170 g/mol. The molecule has 1 heterocycles. The number of hydrogen-bond donors (Lipinski definition) is 1. The molecule has 76 valence electrons. The van der Waals surface area contributed by atoms with Crippen molar-refractivity contribution in [2.75, 3.05) is 20.7 Å². The third-order valence-corrected chi connectivity index (χ3v) is 2.47. The van der Waals surface area contributed by atoms with Crippen molar-refractivity contribution in [2.45, 2.75) is 31.4 Å². The van der Waals surface area contributed by atoms with Crippen LogP contribution in [0.15, 0.2) is 0 Å². The van der Waals surface area contributed by atoms with E-state index in [4.69, 9.17) is 9.84 Å². The lowest BCUT2D eigenvalue weighted by Crippen LogP contribution is -2.38. The molecule has 1 saturated heterocycles. The topological polar surface area (TPSA) is 49.8 Å². The van der Waals surface area contributed by atoms with Crippen LogP contribution in [0.3, 0.4) is 0 Å². The zero-order chi connectivity index (χ0) is 9.84. The summed E-state index contributed by atoms with van der Waals surface area (Å²) in [4.78, 5) is 12.6. The van der Waals surface area contributed by atoms with Crippen molar-refractivity contribution in [3.63, 3.8) is 0 Å². The van der Waals surface area contributed by atoms with Gasteiger partial charge in [0.1, 0.15) is 0 Å². The van der Waals surface area contributed by atoms with Crippen molar-refractivity contribution in [3.05, 3.63) is 0 Å². The molecule has 1 aliphatic heterocycles. The zero-order valence-electron chi connectivity index (χ0n) is 8.19. The molecule has 0 saturated carbocycles. The van der Waals surface area contributed by atoms with Crippen molar-refractivity contribution in [1.82, 2.24) is 4.90 Å². The van der Waals surface area contributed by atoms with E-state index in [1.165, 1.54) is 0 Å². The van der Waals surface area contributed by atoms with Crippen LogP contribution in [0.4, 0.5) is 0 Å². The van der Waals surface area contributed by atoms with Crippen molar-refractivity contribution in [2.24, 2.45) is 0 Å². The fourth-order valence-corrected chi connectivity index (χ4v) is 1.67. The molecule has 13 heavy (non-hydrogen) atoms. The number of ether oxygens (including phenoxy) is 1. The molecule has 4 nitrogen and oxygen atoms in total. The van der Waals surface area contributed by atoms with E-state index in [-0.39, 0.29) is 12.5 Å². The summed E-state index contributed by atoms with van der Waals surface area (Å²) in [6.07, 6.45) is 1.87. The fourth-order valence-electron chi connectivity index (χ4n) is 1.67. The van der Waals surface area contributed by atoms with Crippen molar-refractivity contribution < 1.29 is 14.6 Å². The largest absolute Gasteiger partial charge is 0.481 e. The van der Waals surface area contributed by atoms with Crippen LogP contribution in [0.1, 0.15) is 19.3 Å². The Kier molecular flexibility index (Phi) is 3.69. The van der Waals surface area contributed by atoms with Crippen molar-refractivity contribution in [1.29, 1.82) is 0 Å². The second-order valence-corrected chi connectivity index (χ2v) is 3.73. The molecule has 0 aliphatic carbocycles. The van der Waals surface area contributed by atoms with Crippen LogP contribution in [0.5, 0.6) is 0 Å². The van der Waals surface area contributed by atoms with Crippen molar-refractivity contribution >= 4 is 5.97 Å². The second-order valence-electron chi connectivity index (χ2n) is 3.73. The molecule has 1 N–H and O–H groups in total. The number of rotatable bonds is 3. The first kappa shape index (κ1) is 10.5. The quantitative estimate of drug-likeness (QED) is 0.701. The highest BCUT2D eigenvalue weighted by molar-refractivity contribution is 5.67. The Morgan fingerprint density at radius 1 is 1.62 bits per heavy atom. The summed E-state index contributed by atoms with van der Waals surface area (Å²) in [5, 5.41) is 8.60. The number of hydrogen-bond acceptors (Lipinski definition) is 3. The Morgan fingerprint density at radius 3 is 2.85 bits per heavy atom. The van der Waals surface area contributed by atoms with Crippen LogP contribution in [0, 0.1) is 0 Å². The van der Waals surface area contributed by atoms with E-state index in [9.17, 15) is 4.79 Å². The highest BCUT2D eigenvalue weighted by Gasteiger charge is 2.25. The molecule has 0 bridgehead atoms. The molecule has 2 atom stereocenters. The molecule has 1 fully saturated rings. The Hall–Kier alpha value is -0.610. The molecule has 0 amide bonds. The van der Waals surface area contributed by atoms with E-state index < -0.39 is 5.97 Å². The number of nitrogens with zero attached hydrogens (tertiary/aromatic N) is 1. The monoisotopic (exact) mass is 187 g/mol. The first-order valence-electron chi connectivity index (χ1n) is 4.59. The summed E-state index contributed by atoms with van der Waals surface area (Å²) >= 11 is 0. The Bertz CT molecular complexity index is 182. The lowest BCUT2D eigenvalue weighted by Gasteiger charge is -2.32. The average Bonchev–Trinajstić information content (AvgIpc) is 2.03. The first-order chi connectivity index (χ1) is 6.09. The molecule has 0 aromatic heterocycles. The van der Waals surface area contributed by atoms with Crippen LogP contribution in [0.2, 0.25) is 0 Å². The first-order valence-corrected chi connectivity index (χ1v) is 4.59. The van der Waals surface area contributed by atoms with Gasteiger partial charge in [-0.1, -0.05) is 0 Å². The van der Waals surface area contributed by atoms with E-state index in [1.54, 1.807) is 0 Å². The normalized spacial score (nSPS) is 29.2. The van der Waals surface area contributed by atoms with Gasteiger partial charge in [0.2, 0.25) is 0 Å². The lowest BCUT2D eigenvalue weighted by atomic mass is 10.0. The van der Waals surface area contributed by atoms with Gasteiger partial charge in [-0.2, -0.15) is 0 Å². The van der Waals surface area contributed by atoms with Gasteiger partial charge in [0.25, 0.3) is 0 Å². The third-order valence-electron chi connectivity index (χ3n) is 2.47. The van der Waals surface area contributed by atoms with Crippen LogP contribution < -0.4 is 0 Å². The van der Waals surface area contributed by atoms with Gasteiger partial charge in [-0.15, -0.1) is 0 Å². The highest BCUT2D eigenvalue weighted by atomic mass is 16.5. The summed E-state index contributed by atoms with van der Waals surface area (Å²) in [6.45, 7) is 0.681. The molecule has 0 radical (unpaired) electrons. The van der Waals surface area contributed by atoms with E-state index in [2.05, 4.69) is 4.90 Å². The summed E-state index contributed by atoms with van der Waals surface area (Å²) in [5.41, 5.74) is 0. The predicted octanol–water partition coefficient (Wildman–Crippen LogP) is 0.570. The maximum absolute atomic E-state index is 10.5. The molecule has 4 heteroatoms. The fraction of sp³-hybridized carbons (Fsp3) is 0.889. The molecule has 0 aromatic carbocycles. The van der Waals surface area contributed by atoms with Crippen LogP contribution in [-0.4, -0.2) is 48.8 Å². The van der Waals surface area contributed by atoms with Gasteiger partial charge in [0, 0.05) is 12.6 Å². The Morgan fingerprint density at radius 2 is 2.31 bits per heavy atom. The van der Waals surface area contributed by atoms with E-state index in [0.29, 0.717) is 12.6 Å². The van der Waals surface area contributed by atoms with Gasteiger partial charge >= 0.3 is 5.97 Å². The maximum atomic E-state index is 10.5. The number of carboxylic acids is 1. The second kappa shape index (κ2) is 4.58. The van der Waals surface area contributed by atoms with Crippen LogP contribution >= 0.6 is 0 Å². The van der Waals surface area contributed by atoms with Gasteiger partial charge in [0.05, 0.1) is 12.5 Å². The molecule has 0 spiro atoms. The summed E-state index contributed by atoms with van der Waals surface area (Å²) in [7, 11) is 4.04. The average molecular weight is 187 g/mol. The highest BCUT2D eigenvalue weighted by Crippen LogP contribution is 2.19. The van der Waals surface area contributed by atoms with E-state index in [1.807, 2.05) is 14.1 Å². The molecule has 1 rings (SSSR count). The third kappa shape index (κ3) is 3.32. The SMILES string of the molecule is CN(C)C1CCOC(CC(=O)O)C1. The maximum Gasteiger partial charge on any atom is 0.305 e. The number of carboxylic acid groups (broad SMARTS) is 1. The van der Waals surface area contributed by atoms with E-state index >= 15 is 0 Å². The standard InChI is InChI=1S/C9H17NO3/c1-10(2)7-3-4-13-8(5-7)6-9(11)12/h7-8H,3-6H2,1-2H3,(H,11,12). The summed E-state index contributed by atoms with van der Waals surface area (Å²) < 4.78 is 5.36. The van der Waals surface area contributed by atoms with Crippen LogP contribution in [-0.2, 0) is 9.53 Å². The molecule has 1 aliphatic rings. The van der Waals surface area contributed by atoms with Crippen molar-refractivity contribution in [3.8, 4) is 0 Å². The smallest absolute Gasteiger partial charge is 0.305 e. The minimum atomic E-state index is -0.774. The predicted molar refractivity (Wildman–Crippen MR) is 48.7 cm³/mol. The van der Waals surface area contributed by atoms with Gasteiger partial charge in [-0.25, -0.2) is 0 Å². The zero-order valence-corrected chi connectivity index (χ0v) is 8.19. The lowest BCUT2D eigenvalue weighted by molar-refractivity contribution is -0.141. The molecule has 0 aromatic rings. The van der Waals surface area contributed by atoms with Gasteiger partial charge < -0.3 is 14.7 Å². The Balaban J connectivity index is 2.37. The number of aliphatic carboxylic acids is 1.